The zero-order valence-corrected chi connectivity index (χ0v) is 12.8. The Kier molecular flexibility index (Phi) is 3.65. The third kappa shape index (κ3) is 3.02. The van der Waals surface area contributed by atoms with Gasteiger partial charge in [0, 0.05) is 31.4 Å². The van der Waals surface area contributed by atoms with Gasteiger partial charge < -0.3 is 19.4 Å². The molecule has 1 aromatic heterocycles. The van der Waals surface area contributed by atoms with Crippen LogP contribution in [0.3, 0.4) is 0 Å². The second-order valence-corrected chi connectivity index (χ2v) is 5.95. The Labute approximate surface area is 134 Å². The Balaban J connectivity index is 1.37. The van der Waals surface area contributed by atoms with Gasteiger partial charge in [-0.25, -0.2) is 4.98 Å². The lowest BCUT2D eigenvalue weighted by Crippen LogP contribution is -2.41. The minimum atomic E-state index is 0.0373. The van der Waals surface area contributed by atoms with Crippen LogP contribution < -0.4 is 14.8 Å². The number of fused-ring (bicyclic) bond motifs is 2. The van der Waals surface area contributed by atoms with Crippen LogP contribution in [-0.2, 0) is 24.2 Å². The predicted molar refractivity (Wildman–Crippen MR) is 83.6 cm³/mol. The van der Waals surface area contributed by atoms with Crippen LogP contribution in [0.2, 0.25) is 0 Å². The van der Waals surface area contributed by atoms with Gasteiger partial charge in [-0.1, -0.05) is 6.07 Å². The van der Waals surface area contributed by atoms with E-state index in [1.807, 2.05) is 30.6 Å². The Morgan fingerprint density at radius 1 is 1.30 bits per heavy atom. The van der Waals surface area contributed by atoms with E-state index in [0.717, 1.165) is 42.3 Å². The maximum Gasteiger partial charge on any atom is 0.224 e. The zero-order chi connectivity index (χ0) is 15.6. The molecule has 0 spiro atoms. The molecule has 0 saturated carbocycles. The van der Waals surface area contributed by atoms with Crippen molar-refractivity contribution >= 4 is 5.91 Å². The van der Waals surface area contributed by atoms with Gasteiger partial charge in [0.2, 0.25) is 5.91 Å². The van der Waals surface area contributed by atoms with E-state index < -0.39 is 0 Å². The van der Waals surface area contributed by atoms with E-state index in [1.165, 1.54) is 0 Å². The van der Waals surface area contributed by atoms with Gasteiger partial charge >= 0.3 is 0 Å². The summed E-state index contributed by atoms with van der Waals surface area (Å²) in [5, 5.41) is 3.12. The maximum absolute atomic E-state index is 12.3. The van der Waals surface area contributed by atoms with E-state index in [9.17, 15) is 4.79 Å². The van der Waals surface area contributed by atoms with Crippen molar-refractivity contribution in [2.24, 2.45) is 0 Å². The number of benzene rings is 1. The summed E-state index contributed by atoms with van der Waals surface area (Å²) in [5.74, 6) is 2.61. The molecule has 1 amide bonds. The zero-order valence-electron chi connectivity index (χ0n) is 12.8. The molecule has 6 heteroatoms. The number of aryl methyl sites for hydroxylation is 1. The molecular formula is C17H19N3O3. The highest BCUT2D eigenvalue weighted by atomic mass is 16.6. The van der Waals surface area contributed by atoms with Crippen molar-refractivity contribution in [2.75, 3.05) is 13.2 Å². The summed E-state index contributed by atoms with van der Waals surface area (Å²) in [4.78, 5) is 16.6. The lowest BCUT2D eigenvalue weighted by Gasteiger charge is -2.25. The number of ether oxygens (including phenoxy) is 2. The van der Waals surface area contributed by atoms with Crippen molar-refractivity contribution in [3.05, 3.63) is 42.0 Å². The molecule has 1 N–H and O–H groups in total. The minimum absolute atomic E-state index is 0.0373. The molecule has 23 heavy (non-hydrogen) atoms. The van der Waals surface area contributed by atoms with Gasteiger partial charge in [0.15, 0.2) is 11.5 Å². The van der Waals surface area contributed by atoms with Gasteiger partial charge in [-0.05, 0) is 24.1 Å². The van der Waals surface area contributed by atoms with Crippen LogP contribution in [0.1, 0.15) is 17.8 Å². The van der Waals surface area contributed by atoms with Gasteiger partial charge in [-0.3, -0.25) is 4.79 Å². The summed E-state index contributed by atoms with van der Waals surface area (Å²) in [7, 11) is 0. The first-order chi connectivity index (χ1) is 11.3. The third-order valence-corrected chi connectivity index (χ3v) is 4.27. The van der Waals surface area contributed by atoms with Crippen molar-refractivity contribution in [1.29, 1.82) is 0 Å². The predicted octanol–water partition coefficient (Wildman–Crippen LogP) is 1.33. The van der Waals surface area contributed by atoms with Crippen LogP contribution in [0, 0.1) is 0 Å². The molecular weight excluding hydrogens is 294 g/mol. The van der Waals surface area contributed by atoms with Crippen LogP contribution in [0.15, 0.2) is 30.6 Å². The number of aromatic nitrogens is 2. The van der Waals surface area contributed by atoms with Crippen molar-refractivity contribution in [1.82, 2.24) is 14.9 Å². The van der Waals surface area contributed by atoms with Crippen molar-refractivity contribution in [3.8, 4) is 11.5 Å². The number of nitrogens with zero attached hydrogens (tertiary/aromatic N) is 2. The number of carbonyl (C=O) groups is 1. The molecule has 3 heterocycles. The standard InChI is InChI=1S/C17H19N3O3/c21-17(19-13-2-4-16-18-5-6-20(16)11-13)10-12-1-3-14-15(9-12)23-8-7-22-14/h1,3,5-6,9,13H,2,4,7-8,10-11H2,(H,19,21)/t13-/m1/s1. The van der Waals surface area contributed by atoms with Gasteiger partial charge in [-0.2, -0.15) is 0 Å². The van der Waals surface area contributed by atoms with Crippen LogP contribution in [-0.4, -0.2) is 34.7 Å². The second kappa shape index (κ2) is 5.95. The van der Waals surface area contributed by atoms with Gasteiger partial charge in [0.05, 0.1) is 6.42 Å². The van der Waals surface area contributed by atoms with Gasteiger partial charge in [0.25, 0.3) is 0 Å². The first kappa shape index (κ1) is 14.1. The van der Waals surface area contributed by atoms with E-state index in [0.29, 0.717) is 19.6 Å². The van der Waals surface area contributed by atoms with Crippen molar-refractivity contribution in [3.63, 3.8) is 0 Å². The van der Waals surface area contributed by atoms with Gasteiger partial charge in [0.1, 0.15) is 19.0 Å². The molecule has 2 aromatic rings. The molecule has 1 aromatic carbocycles. The fourth-order valence-corrected chi connectivity index (χ4v) is 3.15. The van der Waals surface area contributed by atoms with Crippen LogP contribution in [0.25, 0.3) is 0 Å². The van der Waals surface area contributed by atoms with E-state index in [-0.39, 0.29) is 11.9 Å². The Hall–Kier alpha value is -2.50. The topological polar surface area (TPSA) is 65.4 Å². The summed E-state index contributed by atoms with van der Waals surface area (Å²) in [6.07, 6.45) is 5.97. The number of hydrogen-bond donors (Lipinski definition) is 1. The van der Waals surface area contributed by atoms with E-state index in [2.05, 4.69) is 14.9 Å². The molecule has 1 atom stereocenters. The Bertz CT molecular complexity index is 726. The number of imidazole rings is 1. The monoisotopic (exact) mass is 313 g/mol. The third-order valence-electron chi connectivity index (χ3n) is 4.27. The van der Waals surface area contributed by atoms with Crippen LogP contribution in [0.5, 0.6) is 11.5 Å². The summed E-state index contributed by atoms with van der Waals surface area (Å²) >= 11 is 0. The summed E-state index contributed by atoms with van der Waals surface area (Å²) in [5.41, 5.74) is 0.936. The van der Waals surface area contributed by atoms with Crippen molar-refractivity contribution < 1.29 is 14.3 Å². The molecule has 0 saturated heterocycles. The maximum atomic E-state index is 12.3. The molecule has 0 unspecified atom stereocenters. The first-order valence-electron chi connectivity index (χ1n) is 7.96. The molecule has 6 nitrogen and oxygen atoms in total. The largest absolute Gasteiger partial charge is 0.486 e. The molecule has 2 aliphatic rings. The average molecular weight is 313 g/mol. The number of carbonyl (C=O) groups excluding carboxylic acids is 1. The second-order valence-electron chi connectivity index (χ2n) is 5.95. The average Bonchev–Trinajstić information content (AvgIpc) is 3.02. The quantitative estimate of drug-likeness (QED) is 0.928. The summed E-state index contributed by atoms with van der Waals surface area (Å²) in [6.45, 7) is 1.92. The first-order valence-corrected chi connectivity index (χ1v) is 7.96. The lowest BCUT2D eigenvalue weighted by molar-refractivity contribution is -0.121. The molecule has 2 aliphatic heterocycles. The SMILES string of the molecule is O=C(Cc1ccc2c(c1)OCCO2)N[C@@H]1CCc2nccn2C1. The minimum Gasteiger partial charge on any atom is -0.486 e. The highest BCUT2D eigenvalue weighted by molar-refractivity contribution is 5.79. The molecule has 0 bridgehead atoms. The molecule has 4 rings (SSSR count). The smallest absolute Gasteiger partial charge is 0.224 e. The highest BCUT2D eigenvalue weighted by Crippen LogP contribution is 2.30. The number of hydrogen-bond acceptors (Lipinski definition) is 4. The summed E-state index contributed by atoms with van der Waals surface area (Å²) in [6, 6.07) is 5.85. The van der Waals surface area contributed by atoms with E-state index in [1.54, 1.807) is 0 Å². The van der Waals surface area contributed by atoms with Crippen molar-refractivity contribution in [2.45, 2.75) is 31.8 Å². The van der Waals surface area contributed by atoms with Gasteiger partial charge in [-0.15, -0.1) is 0 Å². The Morgan fingerprint density at radius 3 is 3.09 bits per heavy atom. The number of nitrogens with one attached hydrogen (secondary N) is 1. The molecule has 0 fully saturated rings. The number of amides is 1. The van der Waals surface area contributed by atoms with Crippen LogP contribution in [0.4, 0.5) is 0 Å². The Morgan fingerprint density at radius 2 is 2.17 bits per heavy atom. The molecule has 0 radical (unpaired) electrons. The highest BCUT2D eigenvalue weighted by Gasteiger charge is 2.20. The normalized spacial score (nSPS) is 19.0. The van der Waals surface area contributed by atoms with E-state index >= 15 is 0 Å². The van der Waals surface area contributed by atoms with Crippen LogP contribution >= 0.6 is 0 Å². The van der Waals surface area contributed by atoms with E-state index in [4.69, 9.17) is 9.47 Å². The molecule has 0 aliphatic carbocycles. The fourth-order valence-electron chi connectivity index (χ4n) is 3.15. The number of rotatable bonds is 3. The molecule has 120 valence electrons. The fraction of sp³-hybridized carbons (Fsp3) is 0.412. The summed E-state index contributed by atoms with van der Waals surface area (Å²) < 4.78 is 13.2. The lowest BCUT2D eigenvalue weighted by atomic mass is 10.1.